The van der Waals surface area contributed by atoms with E-state index in [9.17, 15) is 14.7 Å². The third kappa shape index (κ3) is 3.40. The highest BCUT2D eigenvalue weighted by molar-refractivity contribution is 6.40. The molecule has 0 atom stereocenters. The van der Waals surface area contributed by atoms with E-state index in [1.807, 2.05) is 30.5 Å². The number of phenols is 1. The molecule has 0 spiro atoms. The van der Waals surface area contributed by atoms with Gasteiger partial charge in [0.25, 0.3) is 0 Å². The fraction of sp³-hybridized carbons (Fsp3) is 0.0909. The summed E-state index contributed by atoms with van der Waals surface area (Å²) in [5.41, 5.74) is 2.60. The number of phenolic OH excluding ortho intramolecular Hbond substituents is 1. The molecule has 4 N–H and O–H groups in total. The monoisotopic (exact) mass is 373 g/mol. The molecule has 6 nitrogen and oxygen atoms in total. The maximum absolute atomic E-state index is 12.3. The molecule has 0 saturated heterocycles. The van der Waals surface area contributed by atoms with E-state index in [0.29, 0.717) is 29.4 Å². The standard InChI is InChI=1S/C22H19N3O3/c26-20-10-4-6-16-17(20)7-3-9-19(16)25-22(28)21(27)23-12-11-14-13-24-18-8-2-1-5-15(14)18/h1-10,13,24,26H,11-12H2,(H,23,27)(H,25,28). The van der Waals surface area contributed by atoms with Gasteiger partial charge in [0, 0.05) is 40.1 Å². The van der Waals surface area contributed by atoms with Crippen LogP contribution < -0.4 is 10.6 Å². The lowest BCUT2D eigenvalue weighted by Gasteiger charge is -2.10. The second-order valence-corrected chi connectivity index (χ2v) is 6.50. The van der Waals surface area contributed by atoms with E-state index >= 15 is 0 Å². The number of anilines is 1. The number of amides is 2. The molecule has 0 radical (unpaired) electrons. The van der Waals surface area contributed by atoms with Crippen molar-refractivity contribution in [2.75, 3.05) is 11.9 Å². The van der Waals surface area contributed by atoms with Crippen molar-refractivity contribution in [2.24, 2.45) is 0 Å². The molecule has 140 valence electrons. The number of aromatic hydroxyl groups is 1. The summed E-state index contributed by atoms with van der Waals surface area (Å²) in [7, 11) is 0. The maximum atomic E-state index is 12.3. The summed E-state index contributed by atoms with van der Waals surface area (Å²) in [6.45, 7) is 0.352. The highest BCUT2D eigenvalue weighted by Gasteiger charge is 2.15. The van der Waals surface area contributed by atoms with Crippen LogP contribution in [0.1, 0.15) is 5.56 Å². The minimum absolute atomic E-state index is 0.122. The van der Waals surface area contributed by atoms with Crippen molar-refractivity contribution in [3.05, 3.63) is 72.4 Å². The first kappa shape index (κ1) is 17.6. The van der Waals surface area contributed by atoms with Crippen LogP contribution in [0.4, 0.5) is 5.69 Å². The highest BCUT2D eigenvalue weighted by Crippen LogP contribution is 2.29. The Hall–Kier alpha value is -3.80. The van der Waals surface area contributed by atoms with Crippen LogP contribution in [0, 0.1) is 0 Å². The summed E-state index contributed by atoms with van der Waals surface area (Å²) in [4.78, 5) is 27.6. The molecule has 0 fully saturated rings. The van der Waals surface area contributed by atoms with Crippen LogP contribution in [0.5, 0.6) is 5.75 Å². The topological polar surface area (TPSA) is 94.2 Å². The van der Waals surface area contributed by atoms with Gasteiger partial charge in [-0.05, 0) is 30.2 Å². The number of rotatable bonds is 4. The Kier molecular flexibility index (Phi) is 4.68. The van der Waals surface area contributed by atoms with Crippen LogP contribution in [-0.4, -0.2) is 28.4 Å². The van der Waals surface area contributed by atoms with Gasteiger partial charge in [0.2, 0.25) is 0 Å². The van der Waals surface area contributed by atoms with Crippen LogP contribution >= 0.6 is 0 Å². The van der Waals surface area contributed by atoms with E-state index in [1.54, 1.807) is 36.4 Å². The van der Waals surface area contributed by atoms with Crippen molar-refractivity contribution >= 4 is 39.2 Å². The molecular weight excluding hydrogens is 354 g/mol. The number of hydrogen-bond acceptors (Lipinski definition) is 3. The second-order valence-electron chi connectivity index (χ2n) is 6.50. The van der Waals surface area contributed by atoms with E-state index in [1.165, 1.54) is 0 Å². The highest BCUT2D eigenvalue weighted by atomic mass is 16.3. The van der Waals surface area contributed by atoms with Crippen molar-refractivity contribution in [1.82, 2.24) is 10.3 Å². The van der Waals surface area contributed by atoms with Crippen molar-refractivity contribution < 1.29 is 14.7 Å². The van der Waals surface area contributed by atoms with Crippen molar-refractivity contribution in [1.29, 1.82) is 0 Å². The number of para-hydroxylation sites is 1. The van der Waals surface area contributed by atoms with Crippen LogP contribution in [0.2, 0.25) is 0 Å². The normalized spacial score (nSPS) is 10.9. The Labute approximate surface area is 161 Å². The number of hydrogen-bond donors (Lipinski definition) is 4. The van der Waals surface area contributed by atoms with Crippen LogP contribution in [0.15, 0.2) is 66.9 Å². The Bertz CT molecular complexity index is 1180. The summed E-state index contributed by atoms with van der Waals surface area (Å²) in [5.74, 6) is -1.32. The molecular formula is C22H19N3O3. The zero-order valence-corrected chi connectivity index (χ0v) is 15.0. The summed E-state index contributed by atoms with van der Waals surface area (Å²) < 4.78 is 0. The average Bonchev–Trinajstić information content (AvgIpc) is 3.12. The van der Waals surface area contributed by atoms with Crippen LogP contribution in [0.25, 0.3) is 21.7 Å². The smallest absolute Gasteiger partial charge is 0.313 e. The third-order valence-corrected chi connectivity index (χ3v) is 4.71. The molecule has 1 aromatic heterocycles. The van der Waals surface area contributed by atoms with Gasteiger partial charge in [0.05, 0.1) is 0 Å². The molecule has 0 aliphatic rings. The van der Waals surface area contributed by atoms with Gasteiger partial charge in [-0.1, -0.05) is 42.5 Å². The summed E-state index contributed by atoms with van der Waals surface area (Å²) in [5, 5.41) is 17.6. The molecule has 4 rings (SSSR count). The number of carbonyl (C=O) groups excluding carboxylic acids is 2. The van der Waals surface area contributed by atoms with Gasteiger partial charge >= 0.3 is 11.8 Å². The predicted molar refractivity (Wildman–Crippen MR) is 109 cm³/mol. The first-order valence-electron chi connectivity index (χ1n) is 8.98. The molecule has 6 heteroatoms. The predicted octanol–water partition coefficient (Wildman–Crippen LogP) is 3.32. The Morgan fingerprint density at radius 1 is 0.857 bits per heavy atom. The number of carbonyl (C=O) groups is 2. The zero-order valence-electron chi connectivity index (χ0n) is 15.0. The molecule has 4 aromatic rings. The lowest BCUT2D eigenvalue weighted by atomic mass is 10.1. The lowest BCUT2D eigenvalue weighted by Crippen LogP contribution is -2.36. The van der Waals surface area contributed by atoms with Crippen molar-refractivity contribution in [3.8, 4) is 5.75 Å². The van der Waals surface area contributed by atoms with Crippen LogP contribution in [0.3, 0.4) is 0 Å². The van der Waals surface area contributed by atoms with E-state index in [0.717, 1.165) is 16.5 Å². The fourth-order valence-corrected chi connectivity index (χ4v) is 3.31. The quantitative estimate of drug-likeness (QED) is 0.413. The number of nitrogens with one attached hydrogen (secondary N) is 3. The number of aromatic amines is 1. The van der Waals surface area contributed by atoms with Crippen LogP contribution in [-0.2, 0) is 16.0 Å². The number of aromatic nitrogens is 1. The molecule has 2 amide bonds. The molecule has 0 unspecified atom stereocenters. The Morgan fingerprint density at radius 2 is 1.61 bits per heavy atom. The summed E-state index contributed by atoms with van der Waals surface area (Å²) in [6, 6.07) is 18.1. The molecule has 1 heterocycles. The number of benzene rings is 3. The molecule has 28 heavy (non-hydrogen) atoms. The Morgan fingerprint density at radius 3 is 2.50 bits per heavy atom. The second kappa shape index (κ2) is 7.44. The first-order chi connectivity index (χ1) is 13.6. The average molecular weight is 373 g/mol. The summed E-state index contributed by atoms with van der Waals surface area (Å²) in [6.07, 6.45) is 2.53. The van der Waals surface area contributed by atoms with Gasteiger partial charge in [0.1, 0.15) is 5.75 Å². The molecule has 0 saturated carbocycles. The van der Waals surface area contributed by atoms with Crippen molar-refractivity contribution in [3.63, 3.8) is 0 Å². The maximum Gasteiger partial charge on any atom is 0.313 e. The molecule has 0 aliphatic carbocycles. The fourth-order valence-electron chi connectivity index (χ4n) is 3.31. The lowest BCUT2D eigenvalue weighted by molar-refractivity contribution is -0.136. The molecule has 0 bridgehead atoms. The SMILES string of the molecule is O=C(NCCc1c[nH]c2ccccc12)C(=O)Nc1cccc2c(O)cccc12. The van der Waals surface area contributed by atoms with E-state index in [4.69, 9.17) is 0 Å². The first-order valence-corrected chi connectivity index (χ1v) is 8.98. The van der Waals surface area contributed by atoms with Gasteiger partial charge in [0.15, 0.2) is 0 Å². The van der Waals surface area contributed by atoms with E-state index < -0.39 is 11.8 Å². The van der Waals surface area contributed by atoms with Gasteiger partial charge in [-0.2, -0.15) is 0 Å². The minimum atomic E-state index is -0.741. The molecule has 0 aliphatic heterocycles. The zero-order chi connectivity index (χ0) is 19.5. The van der Waals surface area contributed by atoms with Gasteiger partial charge in [-0.25, -0.2) is 0 Å². The summed E-state index contributed by atoms with van der Waals surface area (Å²) >= 11 is 0. The number of fused-ring (bicyclic) bond motifs is 2. The van der Waals surface area contributed by atoms with E-state index in [2.05, 4.69) is 15.6 Å². The third-order valence-electron chi connectivity index (χ3n) is 4.71. The minimum Gasteiger partial charge on any atom is -0.507 e. The number of H-pyrrole nitrogens is 1. The Balaban J connectivity index is 1.39. The van der Waals surface area contributed by atoms with Gasteiger partial charge in [-0.15, -0.1) is 0 Å². The van der Waals surface area contributed by atoms with Gasteiger partial charge < -0.3 is 20.7 Å². The molecule has 3 aromatic carbocycles. The van der Waals surface area contributed by atoms with Gasteiger partial charge in [-0.3, -0.25) is 9.59 Å². The van der Waals surface area contributed by atoms with Crippen molar-refractivity contribution in [2.45, 2.75) is 6.42 Å². The largest absolute Gasteiger partial charge is 0.507 e. The van der Waals surface area contributed by atoms with E-state index in [-0.39, 0.29) is 5.75 Å².